The van der Waals surface area contributed by atoms with Crippen molar-refractivity contribution in [2.24, 2.45) is 5.92 Å². The summed E-state index contributed by atoms with van der Waals surface area (Å²) in [5.41, 5.74) is 1.25. The molecule has 0 aliphatic heterocycles. The molecule has 0 amide bonds. The van der Waals surface area contributed by atoms with Crippen LogP contribution in [0.4, 0.5) is 0 Å². The van der Waals surface area contributed by atoms with Crippen molar-refractivity contribution in [3.05, 3.63) is 16.6 Å². The first-order valence-corrected chi connectivity index (χ1v) is 5.56. The van der Waals surface area contributed by atoms with E-state index in [1.807, 2.05) is 18.6 Å². The van der Waals surface area contributed by atoms with Gasteiger partial charge in [0.25, 0.3) is 0 Å². The summed E-state index contributed by atoms with van der Waals surface area (Å²) in [6.07, 6.45) is 3.36. The maximum absolute atomic E-state index is 10.2. The maximum Gasteiger partial charge on any atom is 0.0794 e. The molecule has 2 nitrogen and oxygen atoms in total. The summed E-state index contributed by atoms with van der Waals surface area (Å²) < 4.78 is 0. The number of aliphatic hydroxyl groups is 1. The van der Waals surface area contributed by atoms with Crippen molar-refractivity contribution in [3.63, 3.8) is 0 Å². The fourth-order valence-electron chi connectivity index (χ4n) is 1.37. The van der Waals surface area contributed by atoms with E-state index in [0.717, 1.165) is 17.7 Å². The van der Waals surface area contributed by atoms with Crippen LogP contribution in [0.1, 0.15) is 32.1 Å². The van der Waals surface area contributed by atoms with Crippen LogP contribution in [0.2, 0.25) is 0 Å². The van der Waals surface area contributed by atoms with Crippen LogP contribution in [-0.2, 0) is 6.42 Å². The summed E-state index contributed by atoms with van der Waals surface area (Å²) >= 11 is 1.61. The van der Waals surface area contributed by atoms with Crippen LogP contribution in [0.3, 0.4) is 0 Å². The normalized spacial score (nSPS) is 16.1. The van der Waals surface area contributed by atoms with E-state index >= 15 is 0 Å². The first kappa shape index (κ1) is 10.7. The average Bonchev–Trinajstić information content (AvgIpc) is 2.56. The Kier molecular flexibility index (Phi) is 3.45. The molecular formula is C10H17NOS. The van der Waals surface area contributed by atoms with Gasteiger partial charge < -0.3 is 5.11 Å². The van der Waals surface area contributed by atoms with Gasteiger partial charge in [0, 0.05) is 17.5 Å². The third-order valence-electron chi connectivity index (χ3n) is 2.65. The monoisotopic (exact) mass is 199 g/mol. The summed E-state index contributed by atoms with van der Waals surface area (Å²) in [5, 5.41) is 10.2. The zero-order valence-corrected chi connectivity index (χ0v) is 9.27. The van der Waals surface area contributed by atoms with Gasteiger partial charge in [0.2, 0.25) is 0 Å². The highest BCUT2D eigenvalue weighted by molar-refractivity contribution is 7.09. The Morgan fingerprint density at radius 2 is 2.31 bits per heavy atom. The fraction of sp³-hybridized carbons (Fsp3) is 0.700. The molecule has 1 unspecified atom stereocenters. The topological polar surface area (TPSA) is 33.1 Å². The summed E-state index contributed by atoms with van der Waals surface area (Å²) in [7, 11) is 0. The quantitative estimate of drug-likeness (QED) is 0.808. The molecule has 0 bridgehead atoms. The number of hydrogen-bond donors (Lipinski definition) is 1. The minimum atomic E-state index is -0.563. The van der Waals surface area contributed by atoms with E-state index < -0.39 is 5.60 Å². The van der Waals surface area contributed by atoms with E-state index in [2.05, 4.69) is 18.8 Å². The highest BCUT2D eigenvalue weighted by Gasteiger charge is 2.29. The van der Waals surface area contributed by atoms with E-state index in [-0.39, 0.29) is 0 Å². The van der Waals surface area contributed by atoms with Gasteiger partial charge in [0.15, 0.2) is 0 Å². The molecule has 74 valence electrons. The number of hydrogen-bond acceptors (Lipinski definition) is 3. The molecular weight excluding hydrogens is 182 g/mol. The lowest BCUT2D eigenvalue weighted by atomic mass is 9.84. The molecule has 3 heteroatoms. The molecule has 0 saturated heterocycles. The molecule has 1 aromatic heterocycles. The van der Waals surface area contributed by atoms with Crippen molar-refractivity contribution in [1.29, 1.82) is 0 Å². The van der Waals surface area contributed by atoms with E-state index in [1.54, 1.807) is 11.3 Å². The number of nitrogens with zero attached hydrogens (tertiary/aromatic N) is 1. The number of aromatic nitrogens is 1. The lowest BCUT2D eigenvalue weighted by Crippen LogP contribution is -2.36. The first-order chi connectivity index (χ1) is 6.08. The summed E-state index contributed by atoms with van der Waals surface area (Å²) in [4.78, 5) is 5.17. The van der Waals surface area contributed by atoms with Gasteiger partial charge in [-0.3, -0.25) is 4.98 Å². The van der Waals surface area contributed by atoms with E-state index in [1.165, 1.54) is 0 Å². The zero-order valence-electron chi connectivity index (χ0n) is 8.45. The van der Waals surface area contributed by atoms with Crippen LogP contribution >= 0.6 is 11.3 Å². The standard InChI is InChI=1S/C10H17NOS/c1-4-10(12,8(2)3)5-9-6-11-7-13-9/h6-8,12H,4-5H2,1-3H3. The number of thiazole rings is 1. The van der Waals surface area contributed by atoms with E-state index in [0.29, 0.717) is 5.92 Å². The molecule has 1 N–H and O–H groups in total. The zero-order chi connectivity index (χ0) is 9.90. The Balaban J connectivity index is 2.69. The average molecular weight is 199 g/mol. The molecule has 0 aliphatic rings. The molecule has 13 heavy (non-hydrogen) atoms. The van der Waals surface area contributed by atoms with E-state index in [9.17, 15) is 5.11 Å². The largest absolute Gasteiger partial charge is 0.389 e. The van der Waals surface area contributed by atoms with Gasteiger partial charge in [-0.05, 0) is 12.3 Å². The smallest absolute Gasteiger partial charge is 0.0794 e. The molecule has 0 aliphatic carbocycles. The van der Waals surface area contributed by atoms with E-state index in [4.69, 9.17) is 0 Å². The van der Waals surface area contributed by atoms with Crippen LogP contribution in [0.5, 0.6) is 0 Å². The Bertz CT molecular complexity index is 245. The highest BCUT2D eigenvalue weighted by atomic mass is 32.1. The third kappa shape index (κ3) is 2.51. The molecule has 1 atom stereocenters. The highest BCUT2D eigenvalue weighted by Crippen LogP contribution is 2.26. The minimum absolute atomic E-state index is 0.291. The summed E-state index contributed by atoms with van der Waals surface area (Å²) in [5.74, 6) is 0.291. The van der Waals surface area contributed by atoms with Gasteiger partial charge >= 0.3 is 0 Å². The Morgan fingerprint density at radius 1 is 1.62 bits per heavy atom. The van der Waals surface area contributed by atoms with Crippen LogP contribution < -0.4 is 0 Å². The van der Waals surface area contributed by atoms with Crippen molar-refractivity contribution in [2.75, 3.05) is 0 Å². The lowest BCUT2D eigenvalue weighted by molar-refractivity contribution is -0.00762. The second-order valence-electron chi connectivity index (χ2n) is 3.76. The van der Waals surface area contributed by atoms with Crippen molar-refractivity contribution in [2.45, 2.75) is 39.2 Å². The van der Waals surface area contributed by atoms with Crippen molar-refractivity contribution in [3.8, 4) is 0 Å². The summed E-state index contributed by atoms with van der Waals surface area (Å²) in [6, 6.07) is 0. The van der Waals surface area contributed by atoms with Crippen LogP contribution in [-0.4, -0.2) is 15.7 Å². The molecule has 0 saturated carbocycles. The fourth-order valence-corrected chi connectivity index (χ4v) is 2.08. The Hall–Kier alpha value is -0.410. The Labute approximate surface area is 83.6 Å². The van der Waals surface area contributed by atoms with Crippen LogP contribution in [0.25, 0.3) is 0 Å². The summed E-state index contributed by atoms with van der Waals surface area (Å²) in [6.45, 7) is 6.15. The van der Waals surface area contributed by atoms with Gasteiger partial charge in [0.1, 0.15) is 0 Å². The van der Waals surface area contributed by atoms with Gasteiger partial charge in [0.05, 0.1) is 11.1 Å². The molecule has 0 fully saturated rings. The SMILES string of the molecule is CCC(O)(Cc1cncs1)C(C)C. The molecule has 1 rings (SSSR count). The third-order valence-corrected chi connectivity index (χ3v) is 3.43. The minimum Gasteiger partial charge on any atom is -0.389 e. The van der Waals surface area contributed by atoms with Crippen molar-refractivity contribution < 1.29 is 5.11 Å². The predicted molar refractivity (Wildman–Crippen MR) is 55.9 cm³/mol. The van der Waals surface area contributed by atoms with Crippen molar-refractivity contribution in [1.82, 2.24) is 4.98 Å². The molecule has 0 aromatic carbocycles. The predicted octanol–water partition coefficient (Wildman–Crippen LogP) is 2.48. The molecule has 1 aromatic rings. The van der Waals surface area contributed by atoms with Crippen LogP contribution in [0.15, 0.2) is 11.7 Å². The molecule has 0 radical (unpaired) electrons. The first-order valence-electron chi connectivity index (χ1n) is 4.68. The van der Waals surface area contributed by atoms with Gasteiger partial charge in [-0.2, -0.15) is 0 Å². The van der Waals surface area contributed by atoms with Crippen molar-refractivity contribution >= 4 is 11.3 Å². The van der Waals surface area contributed by atoms with Crippen LogP contribution in [0, 0.1) is 5.92 Å². The molecule has 1 heterocycles. The second kappa shape index (κ2) is 4.20. The lowest BCUT2D eigenvalue weighted by Gasteiger charge is -2.30. The maximum atomic E-state index is 10.2. The van der Waals surface area contributed by atoms with Gasteiger partial charge in [-0.25, -0.2) is 0 Å². The van der Waals surface area contributed by atoms with Gasteiger partial charge in [-0.15, -0.1) is 11.3 Å². The van der Waals surface area contributed by atoms with Gasteiger partial charge in [-0.1, -0.05) is 20.8 Å². The second-order valence-corrected chi connectivity index (χ2v) is 4.73. The number of rotatable bonds is 4. The Morgan fingerprint density at radius 3 is 2.69 bits per heavy atom. The molecule has 0 spiro atoms.